The van der Waals surface area contributed by atoms with Gasteiger partial charge in [0, 0.05) is 17.4 Å². The number of carbonyl (C=O) groups excluding carboxylic acids is 7. The molecule has 1 saturated carbocycles. The van der Waals surface area contributed by atoms with E-state index in [1.165, 1.54) is 24.3 Å². The Morgan fingerprint density at radius 1 is 0.434 bits per heavy atom. The maximum atomic E-state index is 15.1. The minimum atomic E-state index is -1.88. The zero-order valence-corrected chi connectivity index (χ0v) is 59.0. The third-order valence-corrected chi connectivity index (χ3v) is 19.5. The smallest absolute Gasteiger partial charge is 0.407 e. The molecule has 5 aliphatic rings. The second kappa shape index (κ2) is 36.9. The van der Waals surface area contributed by atoms with E-state index in [1.807, 2.05) is 69.3 Å². The molecule has 1 aliphatic carbocycles. The Bertz CT molecular complexity index is 3970. The van der Waals surface area contributed by atoms with Crippen LogP contribution in [0.15, 0.2) is 212 Å². The largest absolute Gasteiger partial charge is 0.456 e. The molecule has 25 heteroatoms. The molecule has 4 aliphatic heterocycles. The summed E-state index contributed by atoms with van der Waals surface area (Å²) in [4.78, 5) is 100. The summed E-state index contributed by atoms with van der Waals surface area (Å²) < 4.78 is 99.0. The molecule has 20 atom stereocenters. The standard InChI is InChI=1S/C81H87N3O22/c1-5-61-51(4)66(100-72(86)55-33-19-9-20-34-55)64(84-81(91)96-46-54-31-17-8-18-32-54)77(97-61)105-69-62(47-92-42-41-85)99-78(71(69)102-74(88)57-37-23-11-24-38-57)106-70-67(101-73(87)56-35-21-10-22-36-56)59(82-79(89)94-44-52-27-13-6-14-28-52)43-60(83-80(90)95-45-53-29-15-7-16-30-53)68(70)104-75-50(3)49(2)65-63(98-75)48-93-76(103-65)58-39-25-12-26-40-58/h6-41,49-51,59-71,75-78H,5,42-48H2,1-4H3,(H,82,89)(H,83,90)(H,84,91). The second-order valence-corrected chi connectivity index (χ2v) is 26.6. The van der Waals surface area contributed by atoms with Gasteiger partial charge >= 0.3 is 36.2 Å². The van der Waals surface area contributed by atoms with E-state index < -0.39 is 166 Å². The number of benzene rings is 7. The molecule has 3 amide bonds. The molecule has 4 saturated heterocycles. The van der Waals surface area contributed by atoms with Crippen LogP contribution in [0.3, 0.4) is 0 Å². The molecule has 25 nitrogen and oxygen atoms in total. The van der Waals surface area contributed by atoms with Crippen LogP contribution < -0.4 is 16.0 Å². The van der Waals surface area contributed by atoms with Gasteiger partial charge in [-0.1, -0.05) is 204 Å². The molecular weight excluding hydrogens is 1370 g/mol. The lowest BCUT2D eigenvalue weighted by atomic mass is 9.81. The lowest BCUT2D eigenvalue weighted by molar-refractivity contribution is -0.358. The number of ether oxygens (including phenoxy) is 15. The number of aldehydes is 1. The lowest BCUT2D eigenvalue weighted by Gasteiger charge is -2.51. The fraction of sp³-hybridized carbons (Fsp3) is 0.395. The summed E-state index contributed by atoms with van der Waals surface area (Å²) >= 11 is 0. The van der Waals surface area contributed by atoms with Crippen molar-refractivity contribution in [3.8, 4) is 0 Å². The zero-order chi connectivity index (χ0) is 73.9. The van der Waals surface area contributed by atoms with Crippen molar-refractivity contribution < 1.29 is 105 Å². The van der Waals surface area contributed by atoms with Gasteiger partial charge in [0.1, 0.15) is 75.4 Å². The van der Waals surface area contributed by atoms with Crippen LogP contribution in [0.2, 0.25) is 0 Å². The van der Waals surface area contributed by atoms with E-state index in [0.717, 1.165) is 5.56 Å². The van der Waals surface area contributed by atoms with Gasteiger partial charge in [0.2, 0.25) is 0 Å². The van der Waals surface area contributed by atoms with Crippen molar-refractivity contribution in [2.75, 3.05) is 19.8 Å². The maximum absolute atomic E-state index is 15.1. The average molecular weight is 1450 g/mol. The molecule has 20 unspecified atom stereocenters. The first kappa shape index (κ1) is 75.7. The number of carbonyl (C=O) groups is 7. The molecule has 7 aromatic carbocycles. The molecule has 5 fully saturated rings. The molecule has 3 N–H and O–H groups in total. The predicted octanol–water partition coefficient (Wildman–Crippen LogP) is 10.9. The summed E-state index contributed by atoms with van der Waals surface area (Å²) in [6.45, 7) is 6.18. The Morgan fingerprint density at radius 3 is 1.37 bits per heavy atom. The molecule has 4 heterocycles. The normalized spacial score (nSPS) is 28.9. The van der Waals surface area contributed by atoms with Gasteiger partial charge in [-0.25, -0.2) is 28.8 Å². The Balaban J connectivity index is 0.969. The summed E-state index contributed by atoms with van der Waals surface area (Å²) in [6.07, 6.45) is -20.6. The monoisotopic (exact) mass is 1450 g/mol. The van der Waals surface area contributed by atoms with Gasteiger partial charge in [0.15, 0.2) is 37.4 Å². The number of fused-ring (bicyclic) bond motifs is 1. The number of alkyl carbamates (subject to hydrolysis) is 3. The Kier molecular flexibility index (Phi) is 26.3. The van der Waals surface area contributed by atoms with Crippen LogP contribution in [0.1, 0.15) is 100 Å². The maximum Gasteiger partial charge on any atom is 0.407 e. The molecule has 558 valence electrons. The van der Waals surface area contributed by atoms with Crippen LogP contribution in [0.25, 0.3) is 0 Å². The minimum Gasteiger partial charge on any atom is -0.456 e. The highest BCUT2D eigenvalue weighted by atomic mass is 16.8. The first-order chi connectivity index (χ1) is 51.7. The molecule has 0 spiro atoms. The number of hydrogen-bond acceptors (Lipinski definition) is 22. The van der Waals surface area contributed by atoms with Crippen molar-refractivity contribution in [3.05, 3.63) is 251 Å². The van der Waals surface area contributed by atoms with Crippen LogP contribution in [-0.4, -0.2) is 160 Å². The first-order valence-electron chi connectivity index (χ1n) is 35.6. The molecule has 0 bridgehead atoms. The van der Waals surface area contributed by atoms with Crippen molar-refractivity contribution in [1.29, 1.82) is 0 Å². The quantitative estimate of drug-likeness (QED) is 0.0187. The van der Waals surface area contributed by atoms with E-state index in [-0.39, 0.29) is 55.5 Å². The number of amides is 3. The van der Waals surface area contributed by atoms with Gasteiger partial charge in [0.25, 0.3) is 0 Å². The highest BCUT2D eigenvalue weighted by Crippen LogP contribution is 2.44. The number of esters is 3. The van der Waals surface area contributed by atoms with E-state index >= 15 is 9.59 Å². The molecule has 7 aromatic rings. The number of rotatable bonds is 27. The summed E-state index contributed by atoms with van der Waals surface area (Å²) in [5.41, 5.74) is 3.14. The highest BCUT2D eigenvalue weighted by molar-refractivity contribution is 5.90. The number of hydrogen-bond donors (Lipinski definition) is 3. The Hall–Kier alpha value is -9.93. The Morgan fingerprint density at radius 2 is 0.868 bits per heavy atom. The minimum absolute atomic E-state index is 0.0646. The average Bonchev–Trinajstić information content (AvgIpc) is 1.40. The van der Waals surface area contributed by atoms with Crippen molar-refractivity contribution in [1.82, 2.24) is 16.0 Å². The third kappa shape index (κ3) is 19.4. The van der Waals surface area contributed by atoms with E-state index in [0.29, 0.717) is 29.4 Å². The third-order valence-electron chi connectivity index (χ3n) is 19.5. The zero-order valence-electron chi connectivity index (χ0n) is 59.0. The van der Waals surface area contributed by atoms with Crippen molar-refractivity contribution in [2.24, 2.45) is 17.8 Å². The summed E-state index contributed by atoms with van der Waals surface area (Å²) in [6, 6.07) is 56.6. The van der Waals surface area contributed by atoms with E-state index in [2.05, 4.69) is 16.0 Å². The van der Waals surface area contributed by atoms with Crippen molar-refractivity contribution in [3.63, 3.8) is 0 Å². The van der Waals surface area contributed by atoms with Crippen molar-refractivity contribution >= 4 is 42.5 Å². The van der Waals surface area contributed by atoms with Crippen LogP contribution >= 0.6 is 0 Å². The number of nitrogens with one attached hydrogen (secondary N) is 3. The van der Waals surface area contributed by atoms with Gasteiger partial charge in [-0.05, 0) is 71.8 Å². The van der Waals surface area contributed by atoms with Gasteiger partial charge in [-0.3, -0.25) is 0 Å². The molecular formula is C81H87N3O22. The molecule has 106 heavy (non-hydrogen) atoms. The van der Waals surface area contributed by atoms with Crippen LogP contribution in [0.4, 0.5) is 14.4 Å². The van der Waals surface area contributed by atoms with Crippen LogP contribution in [-0.2, 0) is 95.7 Å². The van der Waals surface area contributed by atoms with E-state index in [9.17, 15) is 24.0 Å². The topological polar surface area (TPSA) is 294 Å². The molecule has 12 rings (SSSR count). The lowest BCUT2D eigenvalue weighted by Crippen LogP contribution is -2.68. The fourth-order valence-electron chi connectivity index (χ4n) is 13.8. The summed E-state index contributed by atoms with van der Waals surface area (Å²) in [5, 5.41) is 8.81. The molecule has 0 aromatic heterocycles. The fourth-order valence-corrected chi connectivity index (χ4v) is 13.8. The van der Waals surface area contributed by atoms with E-state index in [1.54, 1.807) is 146 Å². The van der Waals surface area contributed by atoms with Crippen LogP contribution in [0.5, 0.6) is 0 Å². The van der Waals surface area contributed by atoms with E-state index in [4.69, 9.17) is 71.1 Å². The summed E-state index contributed by atoms with van der Waals surface area (Å²) in [5.74, 6) is -4.00. The second-order valence-electron chi connectivity index (χ2n) is 26.6. The predicted molar refractivity (Wildman–Crippen MR) is 377 cm³/mol. The molecule has 0 radical (unpaired) electrons. The van der Waals surface area contributed by atoms with Gasteiger partial charge in [0.05, 0.1) is 54.2 Å². The SMILES string of the molecule is CCC1OC(OC2C(COCC=O)OC(OC3C(OC(=O)c4ccccc4)C(NC(=O)OCc4ccccc4)CC(NC(=O)OCc4ccccc4)C3OC3OC4COC(c5ccccc5)OC4C(C)C3C)C2OC(=O)c2ccccc2)C(NC(=O)OCc2ccccc2)C(OC(=O)c2ccccc2)C1C. The van der Waals surface area contributed by atoms with Gasteiger partial charge in [-0.2, -0.15) is 0 Å². The Labute approximate surface area is 613 Å². The summed E-state index contributed by atoms with van der Waals surface area (Å²) in [7, 11) is 0. The van der Waals surface area contributed by atoms with Gasteiger partial charge < -0.3 is 91.8 Å². The van der Waals surface area contributed by atoms with Crippen LogP contribution in [0, 0.1) is 17.8 Å². The van der Waals surface area contributed by atoms with Crippen molar-refractivity contribution in [2.45, 2.75) is 165 Å². The van der Waals surface area contributed by atoms with Gasteiger partial charge in [-0.15, -0.1) is 0 Å². The highest BCUT2D eigenvalue weighted by Gasteiger charge is 2.59. The first-order valence-corrected chi connectivity index (χ1v) is 35.6.